The summed E-state index contributed by atoms with van der Waals surface area (Å²) in [6.07, 6.45) is 41.6. The van der Waals surface area contributed by atoms with Gasteiger partial charge in [-0.15, -0.1) is 0 Å². The molecule has 0 aromatic carbocycles. The van der Waals surface area contributed by atoms with Crippen molar-refractivity contribution in [1.82, 2.24) is 5.32 Å². The van der Waals surface area contributed by atoms with E-state index in [-0.39, 0.29) is 12.5 Å². The SMILES string of the molecule is CCCC/C=C\CCCCCCCC(=O)NC(COP(=O)([O-])OCC[N+](C)(C)C)C(O)/C=C/CC/C=C/CC/C=C/CCCCCCCCCC. The predicted molar refractivity (Wildman–Crippen MR) is 214 cm³/mol. The van der Waals surface area contributed by atoms with Gasteiger partial charge in [0.05, 0.1) is 39.9 Å². The van der Waals surface area contributed by atoms with Gasteiger partial charge >= 0.3 is 0 Å². The second-order valence-corrected chi connectivity index (χ2v) is 16.4. The minimum Gasteiger partial charge on any atom is -0.756 e. The van der Waals surface area contributed by atoms with Crippen LogP contribution < -0.4 is 10.2 Å². The lowest BCUT2D eigenvalue weighted by Crippen LogP contribution is -2.45. The third-order valence-corrected chi connectivity index (χ3v) is 9.70. The van der Waals surface area contributed by atoms with E-state index in [2.05, 4.69) is 55.6 Å². The van der Waals surface area contributed by atoms with E-state index in [0.717, 1.165) is 70.6 Å². The van der Waals surface area contributed by atoms with E-state index in [9.17, 15) is 19.4 Å². The van der Waals surface area contributed by atoms with Gasteiger partial charge in [-0.2, -0.15) is 0 Å². The molecule has 298 valence electrons. The Bertz CT molecular complexity index is 975. The molecule has 0 saturated heterocycles. The number of carbonyl (C=O) groups is 1. The second-order valence-electron chi connectivity index (χ2n) is 15.0. The van der Waals surface area contributed by atoms with Crippen LogP contribution in [-0.2, 0) is 18.4 Å². The monoisotopic (exact) mass is 739 g/mol. The molecule has 0 fully saturated rings. The summed E-state index contributed by atoms with van der Waals surface area (Å²) in [4.78, 5) is 25.2. The molecule has 0 radical (unpaired) electrons. The van der Waals surface area contributed by atoms with Gasteiger partial charge in [-0.05, 0) is 64.2 Å². The van der Waals surface area contributed by atoms with E-state index in [0.29, 0.717) is 17.4 Å². The number of amides is 1. The number of rotatable bonds is 36. The number of nitrogens with one attached hydrogen (secondary N) is 1. The van der Waals surface area contributed by atoms with Gasteiger partial charge in [0.1, 0.15) is 13.2 Å². The van der Waals surface area contributed by atoms with Crippen molar-refractivity contribution in [3.63, 3.8) is 0 Å². The Kier molecular flexibility index (Phi) is 33.2. The Morgan fingerprint density at radius 3 is 1.65 bits per heavy atom. The summed E-state index contributed by atoms with van der Waals surface area (Å²) in [7, 11) is 1.22. The minimum atomic E-state index is -4.60. The van der Waals surface area contributed by atoms with Gasteiger partial charge in [-0.3, -0.25) is 9.36 Å². The van der Waals surface area contributed by atoms with E-state index >= 15 is 0 Å². The Labute approximate surface area is 314 Å². The number of unbranched alkanes of at least 4 members (excludes halogenated alkanes) is 17. The summed E-state index contributed by atoms with van der Waals surface area (Å²) in [6.45, 7) is 4.54. The van der Waals surface area contributed by atoms with Crippen LogP contribution >= 0.6 is 7.82 Å². The molecular weight excluding hydrogens is 659 g/mol. The zero-order valence-electron chi connectivity index (χ0n) is 33.5. The zero-order valence-corrected chi connectivity index (χ0v) is 34.4. The molecule has 0 aromatic heterocycles. The highest BCUT2D eigenvalue weighted by molar-refractivity contribution is 7.45. The summed E-state index contributed by atoms with van der Waals surface area (Å²) < 4.78 is 23.1. The van der Waals surface area contributed by atoms with Crippen LogP contribution in [-0.4, -0.2) is 68.5 Å². The van der Waals surface area contributed by atoms with E-state index in [4.69, 9.17) is 9.05 Å². The van der Waals surface area contributed by atoms with Gasteiger partial charge in [0.2, 0.25) is 5.91 Å². The van der Waals surface area contributed by atoms with Crippen molar-refractivity contribution in [2.45, 2.75) is 174 Å². The van der Waals surface area contributed by atoms with Crippen LogP contribution in [0.1, 0.15) is 162 Å². The van der Waals surface area contributed by atoms with Gasteiger partial charge in [-0.1, -0.05) is 140 Å². The van der Waals surface area contributed by atoms with Crippen LogP contribution in [0.25, 0.3) is 0 Å². The Balaban J connectivity index is 4.57. The third kappa shape index (κ3) is 36.6. The topological polar surface area (TPSA) is 108 Å². The molecule has 0 saturated carbocycles. The van der Waals surface area contributed by atoms with Crippen LogP contribution in [0.15, 0.2) is 48.6 Å². The molecule has 3 unspecified atom stereocenters. The van der Waals surface area contributed by atoms with Crippen LogP contribution in [0.4, 0.5) is 0 Å². The molecule has 3 atom stereocenters. The molecule has 1 amide bonds. The van der Waals surface area contributed by atoms with Gasteiger partial charge in [0, 0.05) is 6.42 Å². The lowest BCUT2D eigenvalue weighted by atomic mass is 10.1. The van der Waals surface area contributed by atoms with E-state index in [1.165, 1.54) is 70.6 Å². The lowest BCUT2D eigenvalue weighted by molar-refractivity contribution is -0.870. The summed E-state index contributed by atoms with van der Waals surface area (Å²) in [6, 6.07) is -0.911. The van der Waals surface area contributed by atoms with Crippen molar-refractivity contribution in [2.75, 3.05) is 40.9 Å². The highest BCUT2D eigenvalue weighted by Gasteiger charge is 2.23. The van der Waals surface area contributed by atoms with Gasteiger partial charge < -0.3 is 28.8 Å². The molecule has 0 aliphatic rings. The molecule has 2 N–H and O–H groups in total. The molecule has 8 nitrogen and oxygen atoms in total. The number of carbonyl (C=O) groups excluding carboxylic acids is 1. The number of allylic oxidation sites excluding steroid dienone is 7. The summed E-state index contributed by atoms with van der Waals surface area (Å²) in [5.74, 6) is -0.226. The fourth-order valence-corrected chi connectivity index (χ4v) is 6.12. The molecule has 0 rings (SSSR count). The largest absolute Gasteiger partial charge is 0.756 e. The van der Waals surface area contributed by atoms with E-state index in [1.54, 1.807) is 6.08 Å². The Morgan fingerprint density at radius 1 is 0.667 bits per heavy atom. The standard InChI is InChI=1S/C42H79N2O6P/c1-6-8-10-12-14-16-18-19-20-21-22-23-24-26-27-29-31-33-35-41(45)40(39-50-51(47,48)49-38-37-44(3,4)5)43-42(46)36-34-32-30-28-25-17-15-13-11-9-7-2/h13,15,21-22,26-27,33,35,40-41,45H,6-12,14,16-20,23-25,28-32,34,36-39H2,1-5H3,(H-,43,46,47,48)/b15-13-,22-21+,27-26+,35-33+. The third-order valence-electron chi connectivity index (χ3n) is 8.74. The summed E-state index contributed by atoms with van der Waals surface area (Å²) in [5.41, 5.74) is 0. The fourth-order valence-electron chi connectivity index (χ4n) is 5.40. The molecular formula is C42H79N2O6P. The van der Waals surface area contributed by atoms with E-state index in [1.807, 2.05) is 27.2 Å². The number of quaternary nitrogens is 1. The van der Waals surface area contributed by atoms with Gasteiger partial charge in [-0.25, -0.2) is 0 Å². The van der Waals surface area contributed by atoms with Gasteiger partial charge in [0.25, 0.3) is 7.82 Å². The molecule has 0 aromatic rings. The van der Waals surface area contributed by atoms with Crippen molar-refractivity contribution in [3.05, 3.63) is 48.6 Å². The molecule has 9 heteroatoms. The van der Waals surface area contributed by atoms with Crippen molar-refractivity contribution < 1.29 is 32.9 Å². The second kappa shape index (κ2) is 34.2. The number of nitrogens with zero attached hydrogens (tertiary/aromatic N) is 1. The first-order valence-corrected chi connectivity index (χ1v) is 22.0. The van der Waals surface area contributed by atoms with Gasteiger partial charge in [0.15, 0.2) is 0 Å². The lowest BCUT2D eigenvalue weighted by Gasteiger charge is -2.29. The average Bonchev–Trinajstić information content (AvgIpc) is 3.07. The van der Waals surface area contributed by atoms with Crippen molar-refractivity contribution in [3.8, 4) is 0 Å². The first-order valence-electron chi connectivity index (χ1n) is 20.5. The molecule has 0 heterocycles. The van der Waals surface area contributed by atoms with Crippen molar-refractivity contribution in [2.24, 2.45) is 0 Å². The summed E-state index contributed by atoms with van der Waals surface area (Å²) >= 11 is 0. The van der Waals surface area contributed by atoms with Crippen LogP contribution in [0, 0.1) is 0 Å². The average molecular weight is 739 g/mol. The molecule has 0 spiro atoms. The maximum Gasteiger partial charge on any atom is 0.268 e. The maximum absolute atomic E-state index is 12.8. The summed E-state index contributed by atoms with van der Waals surface area (Å²) in [5, 5.41) is 13.7. The van der Waals surface area contributed by atoms with Crippen LogP contribution in [0.5, 0.6) is 0 Å². The van der Waals surface area contributed by atoms with E-state index < -0.39 is 26.6 Å². The number of hydrogen-bond acceptors (Lipinski definition) is 6. The van der Waals surface area contributed by atoms with Crippen LogP contribution in [0.2, 0.25) is 0 Å². The first-order chi connectivity index (χ1) is 24.5. The molecule has 0 aliphatic carbocycles. The van der Waals surface area contributed by atoms with Crippen molar-refractivity contribution in [1.29, 1.82) is 0 Å². The fraction of sp³-hybridized carbons (Fsp3) is 0.786. The maximum atomic E-state index is 12.8. The first kappa shape index (κ1) is 49.5. The Hall–Kier alpha value is -1.54. The number of likely N-dealkylation sites (N-methyl/N-ethyl adjacent to an activating group) is 1. The number of aliphatic hydroxyl groups excluding tert-OH is 1. The number of phosphoric acid groups is 1. The minimum absolute atomic E-state index is 0.0119. The number of phosphoric ester groups is 1. The quantitative estimate of drug-likeness (QED) is 0.0287. The number of aliphatic hydroxyl groups is 1. The van der Waals surface area contributed by atoms with Crippen molar-refractivity contribution >= 4 is 13.7 Å². The number of hydrogen-bond donors (Lipinski definition) is 2. The molecule has 0 bridgehead atoms. The smallest absolute Gasteiger partial charge is 0.268 e. The highest BCUT2D eigenvalue weighted by Crippen LogP contribution is 2.38. The Morgan fingerprint density at radius 2 is 1.12 bits per heavy atom. The highest BCUT2D eigenvalue weighted by atomic mass is 31.2. The zero-order chi connectivity index (χ0) is 37.9. The van der Waals surface area contributed by atoms with Crippen LogP contribution in [0.3, 0.4) is 0 Å². The molecule has 51 heavy (non-hydrogen) atoms. The predicted octanol–water partition coefficient (Wildman–Crippen LogP) is 10.3. The molecule has 0 aliphatic heterocycles. The normalized spacial score (nSPS) is 15.0.